The molecule has 0 saturated carbocycles. The van der Waals surface area contributed by atoms with Gasteiger partial charge in [0, 0.05) is 0 Å². The standard InChI is InChI=1S/C26H20N2O/c27-25-19-11-3-7-15-5-1-9-17(23(15)19)13-21(25)29-22-14-18-10-2-6-16-8-4-12-20(24(16)18)26(22)28/h1-14,25-26H,27-28H2. The van der Waals surface area contributed by atoms with Gasteiger partial charge in [0.05, 0.1) is 12.1 Å². The average molecular weight is 376 g/mol. The molecule has 0 amide bonds. The largest absolute Gasteiger partial charge is 0.462 e. The molecule has 2 atom stereocenters. The van der Waals surface area contributed by atoms with Crippen molar-refractivity contribution in [2.75, 3.05) is 0 Å². The molecule has 0 aromatic heterocycles. The van der Waals surface area contributed by atoms with Gasteiger partial charge >= 0.3 is 0 Å². The zero-order valence-electron chi connectivity index (χ0n) is 15.8. The van der Waals surface area contributed by atoms with Gasteiger partial charge in [0.2, 0.25) is 0 Å². The van der Waals surface area contributed by atoms with Crippen molar-refractivity contribution in [1.29, 1.82) is 0 Å². The number of ether oxygens (including phenoxy) is 1. The molecule has 3 heteroatoms. The molecule has 2 unspecified atom stereocenters. The van der Waals surface area contributed by atoms with Crippen molar-refractivity contribution < 1.29 is 4.74 Å². The van der Waals surface area contributed by atoms with E-state index in [4.69, 9.17) is 16.2 Å². The van der Waals surface area contributed by atoms with E-state index in [0.717, 1.165) is 33.8 Å². The quantitative estimate of drug-likeness (QED) is 0.491. The molecule has 4 aromatic rings. The van der Waals surface area contributed by atoms with E-state index in [1.54, 1.807) is 0 Å². The maximum atomic E-state index is 6.62. The van der Waals surface area contributed by atoms with Gasteiger partial charge in [-0.05, 0) is 56.0 Å². The lowest BCUT2D eigenvalue weighted by Gasteiger charge is -2.29. The SMILES string of the molecule is NC1C(OC2=Cc3cccc4cccc(c34)C2N)=Cc2cccc3cccc1c23. The Kier molecular flexibility index (Phi) is 3.45. The molecule has 140 valence electrons. The second-order valence-electron chi connectivity index (χ2n) is 7.74. The molecule has 29 heavy (non-hydrogen) atoms. The van der Waals surface area contributed by atoms with Crippen LogP contribution in [-0.4, -0.2) is 0 Å². The van der Waals surface area contributed by atoms with Crippen LogP contribution in [0, 0.1) is 0 Å². The highest BCUT2D eigenvalue weighted by molar-refractivity contribution is 5.97. The maximum Gasteiger partial charge on any atom is 0.126 e. The molecule has 0 saturated heterocycles. The smallest absolute Gasteiger partial charge is 0.126 e. The van der Waals surface area contributed by atoms with E-state index < -0.39 is 0 Å². The summed E-state index contributed by atoms with van der Waals surface area (Å²) in [6.07, 6.45) is 4.10. The second kappa shape index (κ2) is 6.05. The molecule has 0 bridgehead atoms. The van der Waals surface area contributed by atoms with Gasteiger partial charge in [0.15, 0.2) is 0 Å². The van der Waals surface area contributed by atoms with Crippen LogP contribution < -0.4 is 11.5 Å². The van der Waals surface area contributed by atoms with Crippen LogP contribution in [0.5, 0.6) is 0 Å². The highest BCUT2D eigenvalue weighted by Gasteiger charge is 2.27. The van der Waals surface area contributed by atoms with Crippen LogP contribution in [0.4, 0.5) is 0 Å². The molecule has 2 aliphatic rings. The first kappa shape index (κ1) is 16.5. The van der Waals surface area contributed by atoms with E-state index in [0.29, 0.717) is 0 Å². The fraction of sp³-hybridized carbons (Fsp3) is 0.0769. The van der Waals surface area contributed by atoms with Gasteiger partial charge in [-0.25, -0.2) is 0 Å². The number of hydrogen-bond acceptors (Lipinski definition) is 3. The molecule has 0 spiro atoms. The minimum atomic E-state index is -0.324. The first-order valence-electron chi connectivity index (χ1n) is 9.86. The van der Waals surface area contributed by atoms with E-state index in [9.17, 15) is 0 Å². The van der Waals surface area contributed by atoms with E-state index in [2.05, 4.69) is 72.8 Å². The predicted molar refractivity (Wildman–Crippen MR) is 119 cm³/mol. The Labute approximate surface area is 168 Å². The molecule has 4 aromatic carbocycles. The summed E-state index contributed by atoms with van der Waals surface area (Å²) in [5.41, 5.74) is 17.7. The van der Waals surface area contributed by atoms with E-state index in [1.165, 1.54) is 21.5 Å². The van der Waals surface area contributed by atoms with Gasteiger partial charge in [-0.15, -0.1) is 0 Å². The summed E-state index contributed by atoms with van der Waals surface area (Å²) >= 11 is 0. The third-order valence-electron chi connectivity index (χ3n) is 6.05. The Balaban J connectivity index is 1.46. The van der Waals surface area contributed by atoms with Crippen molar-refractivity contribution in [1.82, 2.24) is 0 Å². The van der Waals surface area contributed by atoms with Crippen LogP contribution in [0.15, 0.2) is 84.3 Å². The van der Waals surface area contributed by atoms with E-state index in [-0.39, 0.29) is 12.1 Å². The van der Waals surface area contributed by atoms with E-state index in [1.807, 2.05) is 12.1 Å². The van der Waals surface area contributed by atoms with Gasteiger partial charge in [0.1, 0.15) is 11.5 Å². The average Bonchev–Trinajstić information content (AvgIpc) is 2.75. The summed E-state index contributed by atoms with van der Waals surface area (Å²) in [4.78, 5) is 0. The van der Waals surface area contributed by atoms with Gasteiger partial charge in [-0.1, -0.05) is 72.8 Å². The summed E-state index contributed by atoms with van der Waals surface area (Å²) in [5, 5.41) is 4.79. The van der Waals surface area contributed by atoms with Gasteiger partial charge in [-0.2, -0.15) is 0 Å². The molecular formula is C26H20N2O. The van der Waals surface area contributed by atoms with Gasteiger partial charge in [-0.3, -0.25) is 0 Å². The van der Waals surface area contributed by atoms with Crippen LogP contribution in [0.1, 0.15) is 34.3 Å². The van der Waals surface area contributed by atoms with E-state index >= 15 is 0 Å². The number of hydrogen-bond donors (Lipinski definition) is 2. The Hall–Kier alpha value is -3.40. The van der Waals surface area contributed by atoms with Crippen molar-refractivity contribution in [2.24, 2.45) is 11.5 Å². The molecule has 0 aliphatic heterocycles. The number of benzene rings is 4. The third-order valence-corrected chi connectivity index (χ3v) is 6.05. The zero-order valence-corrected chi connectivity index (χ0v) is 15.8. The first-order chi connectivity index (χ1) is 14.2. The highest BCUT2D eigenvalue weighted by Crippen LogP contribution is 2.41. The monoisotopic (exact) mass is 376 g/mol. The normalized spacial score (nSPS) is 19.8. The molecule has 6 rings (SSSR count). The van der Waals surface area contributed by atoms with Crippen LogP contribution in [-0.2, 0) is 4.74 Å². The van der Waals surface area contributed by atoms with Crippen molar-refractivity contribution >= 4 is 33.7 Å². The van der Waals surface area contributed by atoms with Crippen LogP contribution in [0.25, 0.3) is 33.7 Å². The van der Waals surface area contributed by atoms with Crippen molar-refractivity contribution in [3.63, 3.8) is 0 Å². The number of rotatable bonds is 2. The van der Waals surface area contributed by atoms with Crippen molar-refractivity contribution in [3.8, 4) is 0 Å². The molecule has 2 aliphatic carbocycles. The molecule has 0 radical (unpaired) electrons. The van der Waals surface area contributed by atoms with Gasteiger partial charge in [0.25, 0.3) is 0 Å². The Morgan fingerprint density at radius 2 is 0.966 bits per heavy atom. The Bertz CT molecular complexity index is 1250. The van der Waals surface area contributed by atoms with Crippen LogP contribution in [0.2, 0.25) is 0 Å². The molecule has 3 nitrogen and oxygen atoms in total. The number of nitrogens with two attached hydrogens (primary N) is 2. The predicted octanol–water partition coefficient (Wildman–Crippen LogP) is 5.42. The highest BCUT2D eigenvalue weighted by atomic mass is 16.5. The minimum Gasteiger partial charge on any atom is -0.462 e. The van der Waals surface area contributed by atoms with Crippen molar-refractivity contribution in [3.05, 3.63) is 107 Å². The van der Waals surface area contributed by atoms with Crippen molar-refractivity contribution in [2.45, 2.75) is 12.1 Å². The summed E-state index contributed by atoms with van der Waals surface area (Å²) in [6, 6.07) is 24.4. The summed E-state index contributed by atoms with van der Waals surface area (Å²) < 4.78 is 6.40. The zero-order chi connectivity index (χ0) is 19.5. The van der Waals surface area contributed by atoms with Crippen LogP contribution in [0.3, 0.4) is 0 Å². The molecular weight excluding hydrogens is 356 g/mol. The second-order valence-corrected chi connectivity index (χ2v) is 7.74. The minimum absolute atomic E-state index is 0.324. The molecule has 4 N–H and O–H groups in total. The fourth-order valence-corrected chi connectivity index (χ4v) is 4.67. The molecule has 0 heterocycles. The Morgan fingerprint density at radius 3 is 1.41 bits per heavy atom. The maximum absolute atomic E-state index is 6.62. The summed E-state index contributed by atoms with van der Waals surface area (Å²) in [6.45, 7) is 0. The lowest BCUT2D eigenvalue weighted by Crippen LogP contribution is -2.23. The topological polar surface area (TPSA) is 61.3 Å². The summed E-state index contributed by atoms with van der Waals surface area (Å²) in [5.74, 6) is 1.45. The van der Waals surface area contributed by atoms with Crippen LogP contribution >= 0.6 is 0 Å². The van der Waals surface area contributed by atoms with Gasteiger partial charge < -0.3 is 16.2 Å². The summed E-state index contributed by atoms with van der Waals surface area (Å²) in [7, 11) is 0. The Morgan fingerprint density at radius 1 is 0.552 bits per heavy atom. The lowest BCUT2D eigenvalue weighted by atomic mass is 9.88. The lowest BCUT2D eigenvalue weighted by molar-refractivity contribution is 0.262. The third kappa shape index (κ3) is 2.38. The fourth-order valence-electron chi connectivity index (χ4n) is 4.67. The first-order valence-corrected chi connectivity index (χ1v) is 9.86. The molecule has 0 fully saturated rings.